The van der Waals surface area contributed by atoms with E-state index in [9.17, 15) is 0 Å². The Labute approximate surface area is 158 Å². The number of allylic oxidation sites excluding steroid dienone is 7. The molecule has 1 fully saturated rings. The molecule has 4 nitrogen and oxygen atoms in total. The molecule has 0 aromatic heterocycles. The number of ether oxygens (including phenoxy) is 4. The molecule has 1 unspecified atom stereocenters. The Kier molecular flexibility index (Phi) is 8.79. The lowest BCUT2D eigenvalue weighted by atomic mass is 10.1. The van der Waals surface area contributed by atoms with Crippen LogP contribution in [0.1, 0.15) is 20.8 Å². The van der Waals surface area contributed by atoms with Crippen LogP contribution in [0.4, 0.5) is 0 Å². The summed E-state index contributed by atoms with van der Waals surface area (Å²) in [6, 6.07) is 0. The Morgan fingerprint density at radius 1 is 1.23 bits per heavy atom. The van der Waals surface area contributed by atoms with E-state index in [0.717, 1.165) is 17.8 Å². The molecule has 0 saturated carbocycles. The van der Waals surface area contributed by atoms with Crippen LogP contribution < -0.4 is 0 Å². The molecule has 0 N–H and O–H groups in total. The highest BCUT2D eigenvalue weighted by Crippen LogP contribution is 2.25. The molecule has 1 saturated heterocycles. The predicted molar refractivity (Wildman–Crippen MR) is 107 cm³/mol. The number of methoxy groups -OCH3 is 1. The normalized spacial score (nSPS) is 20.5. The largest absolute Gasteiger partial charge is 0.491 e. The van der Waals surface area contributed by atoms with Crippen LogP contribution in [0.5, 0.6) is 0 Å². The quantitative estimate of drug-likeness (QED) is 0.209. The van der Waals surface area contributed by atoms with E-state index in [1.165, 1.54) is 0 Å². The number of hydrogen-bond acceptors (Lipinski definition) is 4. The Morgan fingerprint density at radius 3 is 2.50 bits per heavy atom. The van der Waals surface area contributed by atoms with Crippen molar-refractivity contribution in [1.29, 1.82) is 0 Å². The third-order valence-corrected chi connectivity index (χ3v) is 3.85. The van der Waals surface area contributed by atoms with Crippen LogP contribution in [0.25, 0.3) is 0 Å². The van der Waals surface area contributed by atoms with Crippen molar-refractivity contribution < 1.29 is 18.9 Å². The van der Waals surface area contributed by atoms with Gasteiger partial charge in [-0.1, -0.05) is 50.1 Å². The molecule has 0 aromatic carbocycles. The van der Waals surface area contributed by atoms with Gasteiger partial charge in [-0.3, -0.25) is 0 Å². The highest BCUT2D eigenvalue weighted by molar-refractivity contribution is 5.47. The van der Waals surface area contributed by atoms with Gasteiger partial charge in [-0.05, 0) is 38.0 Å². The zero-order valence-corrected chi connectivity index (χ0v) is 16.5. The minimum absolute atomic E-state index is 0.0856. The molecule has 4 heteroatoms. The van der Waals surface area contributed by atoms with E-state index >= 15 is 0 Å². The fourth-order valence-electron chi connectivity index (χ4n) is 1.78. The number of rotatable bonds is 13. The van der Waals surface area contributed by atoms with Crippen molar-refractivity contribution in [2.45, 2.75) is 32.0 Å². The summed E-state index contributed by atoms with van der Waals surface area (Å²) in [6.07, 6.45) is 11.2. The Hall–Kier alpha value is -1.88. The van der Waals surface area contributed by atoms with Crippen molar-refractivity contribution in [3.63, 3.8) is 0 Å². The van der Waals surface area contributed by atoms with Gasteiger partial charge >= 0.3 is 0 Å². The SMILES string of the molecule is C=C/C=C(\C=C/COCC1(C)CO1)C(=C)/C=C\C(=C)OCC(C)(C)OC. The molecule has 0 radical (unpaired) electrons. The molecule has 1 rings (SSSR count). The lowest BCUT2D eigenvalue weighted by Gasteiger charge is -2.22. The third kappa shape index (κ3) is 8.99. The van der Waals surface area contributed by atoms with E-state index in [1.54, 1.807) is 19.3 Å². The average Bonchev–Trinajstić information content (AvgIpc) is 3.34. The van der Waals surface area contributed by atoms with Gasteiger partial charge in [-0.15, -0.1) is 0 Å². The van der Waals surface area contributed by atoms with Gasteiger partial charge in [0.1, 0.15) is 18.0 Å². The first-order valence-electron chi connectivity index (χ1n) is 8.66. The highest BCUT2D eigenvalue weighted by Gasteiger charge is 2.39. The van der Waals surface area contributed by atoms with E-state index < -0.39 is 0 Å². The topological polar surface area (TPSA) is 40.2 Å². The van der Waals surface area contributed by atoms with Gasteiger partial charge in [0.05, 0.1) is 25.4 Å². The van der Waals surface area contributed by atoms with E-state index in [0.29, 0.717) is 25.6 Å². The molecule has 0 spiro atoms. The Bertz CT molecular complexity index is 589. The molecule has 1 atom stereocenters. The second-order valence-electron chi connectivity index (χ2n) is 7.09. The van der Waals surface area contributed by atoms with Crippen LogP contribution in [0.3, 0.4) is 0 Å². The van der Waals surface area contributed by atoms with Crippen LogP contribution in [0.15, 0.2) is 73.1 Å². The highest BCUT2D eigenvalue weighted by atomic mass is 16.6. The molecule has 0 aliphatic carbocycles. The third-order valence-electron chi connectivity index (χ3n) is 3.85. The van der Waals surface area contributed by atoms with Crippen LogP contribution in [-0.2, 0) is 18.9 Å². The first kappa shape index (κ1) is 22.2. The maximum absolute atomic E-state index is 5.60. The van der Waals surface area contributed by atoms with Gasteiger partial charge in [0, 0.05) is 7.11 Å². The van der Waals surface area contributed by atoms with Crippen LogP contribution in [0.2, 0.25) is 0 Å². The summed E-state index contributed by atoms with van der Waals surface area (Å²) in [7, 11) is 1.66. The van der Waals surface area contributed by atoms with Gasteiger partial charge in [0.15, 0.2) is 0 Å². The molecule has 1 heterocycles. The van der Waals surface area contributed by atoms with Gasteiger partial charge in [-0.25, -0.2) is 0 Å². The zero-order chi connectivity index (χ0) is 19.6. The zero-order valence-electron chi connectivity index (χ0n) is 16.5. The van der Waals surface area contributed by atoms with Gasteiger partial charge in [0.2, 0.25) is 0 Å². The fraction of sp³-hybridized carbons (Fsp3) is 0.455. The molecular formula is C22H32O4. The van der Waals surface area contributed by atoms with E-state index in [4.69, 9.17) is 18.9 Å². The Balaban J connectivity index is 2.47. The maximum Gasteiger partial charge on any atom is 0.117 e. The smallest absolute Gasteiger partial charge is 0.117 e. The summed E-state index contributed by atoms with van der Waals surface area (Å²) >= 11 is 0. The first-order valence-corrected chi connectivity index (χ1v) is 8.66. The van der Waals surface area contributed by atoms with Crippen LogP contribution in [0, 0.1) is 0 Å². The molecule has 0 aromatic rings. The lowest BCUT2D eigenvalue weighted by Crippen LogP contribution is -2.28. The Morgan fingerprint density at radius 2 is 1.92 bits per heavy atom. The van der Waals surface area contributed by atoms with Crippen molar-refractivity contribution in [3.05, 3.63) is 73.1 Å². The summed E-state index contributed by atoms with van der Waals surface area (Å²) in [5.41, 5.74) is 1.33. The summed E-state index contributed by atoms with van der Waals surface area (Å²) in [5.74, 6) is 0.555. The lowest BCUT2D eigenvalue weighted by molar-refractivity contribution is -0.0310. The standard InChI is InChI=1S/C22H32O4/c1-8-10-20(11-9-14-24-16-22(6)17-26-22)18(2)12-13-19(3)25-15-21(4,5)23-7/h8-13H,1-3,14-17H2,4-7H3/b11-9-,13-12-,20-10+. The first-order chi connectivity index (χ1) is 12.2. The van der Waals surface area contributed by atoms with Crippen molar-refractivity contribution >= 4 is 0 Å². The molecule has 26 heavy (non-hydrogen) atoms. The predicted octanol–water partition coefficient (Wildman–Crippen LogP) is 4.53. The monoisotopic (exact) mass is 360 g/mol. The van der Waals surface area contributed by atoms with Gasteiger partial charge in [0.25, 0.3) is 0 Å². The molecule has 0 bridgehead atoms. The fourth-order valence-corrected chi connectivity index (χ4v) is 1.78. The van der Waals surface area contributed by atoms with Gasteiger partial charge < -0.3 is 18.9 Å². The summed E-state index contributed by atoms with van der Waals surface area (Å²) in [5, 5.41) is 0. The average molecular weight is 360 g/mol. The minimum Gasteiger partial charge on any atom is -0.491 e. The molecule has 0 amide bonds. The minimum atomic E-state index is -0.354. The second kappa shape index (κ2) is 10.3. The van der Waals surface area contributed by atoms with Crippen molar-refractivity contribution in [3.8, 4) is 0 Å². The molecule has 1 aliphatic rings. The van der Waals surface area contributed by atoms with Crippen LogP contribution in [-0.4, -0.2) is 44.7 Å². The van der Waals surface area contributed by atoms with Gasteiger partial charge in [-0.2, -0.15) is 0 Å². The van der Waals surface area contributed by atoms with Crippen molar-refractivity contribution in [1.82, 2.24) is 0 Å². The van der Waals surface area contributed by atoms with E-state index in [1.807, 2.05) is 45.1 Å². The summed E-state index contributed by atoms with van der Waals surface area (Å²) < 4.78 is 21.8. The second-order valence-corrected chi connectivity index (χ2v) is 7.09. The van der Waals surface area contributed by atoms with Crippen molar-refractivity contribution in [2.75, 3.05) is 33.5 Å². The maximum atomic E-state index is 5.60. The van der Waals surface area contributed by atoms with E-state index in [2.05, 4.69) is 19.7 Å². The number of hydrogen-bond donors (Lipinski definition) is 0. The summed E-state index contributed by atoms with van der Waals surface area (Å²) in [6.45, 7) is 20.0. The number of epoxide rings is 1. The summed E-state index contributed by atoms with van der Waals surface area (Å²) in [4.78, 5) is 0. The molecule has 144 valence electrons. The van der Waals surface area contributed by atoms with Crippen LogP contribution >= 0.6 is 0 Å². The van der Waals surface area contributed by atoms with Crippen molar-refractivity contribution in [2.24, 2.45) is 0 Å². The van der Waals surface area contributed by atoms with E-state index in [-0.39, 0.29) is 11.2 Å². The molecule has 1 aliphatic heterocycles. The molecular weight excluding hydrogens is 328 g/mol.